The predicted octanol–water partition coefficient (Wildman–Crippen LogP) is 2.64. The first-order chi connectivity index (χ1) is 7.01. The number of rotatable bonds is 6. The zero-order valence-corrected chi connectivity index (χ0v) is 11.9. The summed E-state index contributed by atoms with van der Waals surface area (Å²) >= 11 is 2.09. The number of ether oxygens (including phenoxy) is 2. The van der Waals surface area contributed by atoms with Crippen molar-refractivity contribution in [3.63, 3.8) is 0 Å². The molecule has 0 aromatic heterocycles. The zero-order chi connectivity index (χ0) is 11.3. The van der Waals surface area contributed by atoms with Gasteiger partial charge in [-0.1, -0.05) is 0 Å². The highest BCUT2D eigenvalue weighted by Crippen LogP contribution is 2.26. The van der Waals surface area contributed by atoms with Gasteiger partial charge in [-0.25, -0.2) is 0 Å². The summed E-state index contributed by atoms with van der Waals surface area (Å²) in [6, 6.07) is 0. The van der Waals surface area contributed by atoms with E-state index in [1.54, 1.807) is 13.8 Å². The highest BCUT2D eigenvalue weighted by molar-refractivity contribution is 14.2. The number of halogens is 1. The Kier molecular flexibility index (Phi) is 6.16. The quantitative estimate of drug-likeness (QED) is 0.346. The van der Waals surface area contributed by atoms with Crippen LogP contribution in [0, 0.1) is 0 Å². The SMILES string of the molecule is CC(C)(O)O[C@@H]1CCC(CCOSI)O1. The lowest BCUT2D eigenvalue weighted by Gasteiger charge is -2.23. The lowest BCUT2D eigenvalue weighted by Crippen LogP contribution is -2.30. The van der Waals surface area contributed by atoms with Crippen LogP contribution in [0.15, 0.2) is 0 Å². The molecule has 2 atom stereocenters. The smallest absolute Gasteiger partial charge is 0.162 e. The summed E-state index contributed by atoms with van der Waals surface area (Å²) in [4.78, 5) is 0. The van der Waals surface area contributed by atoms with Crippen LogP contribution in [0.4, 0.5) is 0 Å². The molecule has 1 heterocycles. The van der Waals surface area contributed by atoms with Gasteiger partial charge in [-0.2, -0.15) is 0 Å². The van der Waals surface area contributed by atoms with E-state index in [0.29, 0.717) is 6.61 Å². The lowest BCUT2D eigenvalue weighted by atomic mass is 10.2. The van der Waals surface area contributed by atoms with Gasteiger partial charge in [0.05, 0.1) is 21.9 Å². The van der Waals surface area contributed by atoms with Gasteiger partial charge in [-0.15, -0.1) is 0 Å². The van der Waals surface area contributed by atoms with Crippen LogP contribution in [0.3, 0.4) is 0 Å². The summed E-state index contributed by atoms with van der Waals surface area (Å²) < 4.78 is 16.1. The molecule has 0 saturated carbocycles. The average molecular weight is 348 g/mol. The summed E-state index contributed by atoms with van der Waals surface area (Å²) in [7, 11) is 1.34. The molecule has 1 rings (SSSR count). The second-order valence-corrected chi connectivity index (χ2v) is 5.44. The maximum atomic E-state index is 9.45. The Morgan fingerprint density at radius 2 is 2.27 bits per heavy atom. The molecule has 1 aliphatic rings. The van der Waals surface area contributed by atoms with Crippen LogP contribution < -0.4 is 0 Å². The van der Waals surface area contributed by atoms with Crippen LogP contribution in [0.5, 0.6) is 0 Å². The monoisotopic (exact) mass is 348 g/mol. The second kappa shape index (κ2) is 6.61. The largest absolute Gasteiger partial charge is 0.366 e. The van der Waals surface area contributed by atoms with Crippen molar-refractivity contribution in [2.75, 3.05) is 6.61 Å². The first kappa shape index (κ1) is 14.0. The van der Waals surface area contributed by atoms with Crippen LogP contribution in [0.25, 0.3) is 0 Å². The van der Waals surface area contributed by atoms with Crippen LogP contribution in [0.1, 0.15) is 33.1 Å². The first-order valence-corrected chi connectivity index (χ1v) is 8.25. The molecule has 0 radical (unpaired) electrons. The molecule has 1 aliphatic heterocycles. The van der Waals surface area contributed by atoms with E-state index < -0.39 is 5.79 Å². The van der Waals surface area contributed by atoms with E-state index in [4.69, 9.17) is 13.7 Å². The predicted molar refractivity (Wildman–Crippen MR) is 67.5 cm³/mol. The lowest BCUT2D eigenvalue weighted by molar-refractivity contribution is -0.268. The van der Waals surface area contributed by atoms with Crippen molar-refractivity contribution in [3.8, 4) is 0 Å². The molecule has 0 bridgehead atoms. The standard InChI is InChI=1S/C9H17IO4S/c1-9(2,11)14-8-4-3-7(13-8)5-6-12-15-10/h7-8,11H,3-6H2,1-2H3/t7?,8-/m1/s1. The van der Waals surface area contributed by atoms with Crippen molar-refractivity contribution in [1.29, 1.82) is 0 Å². The summed E-state index contributed by atoms with van der Waals surface area (Å²) in [6.07, 6.45) is 2.60. The summed E-state index contributed by atoms with van der Waals surface area (Å²) in [5.41, 5.74) is 0. The minimum Gasteiger partial charge on any atom is -0.366 e. The van der Waals surface area contributed by atoms with Crippen molar-refractivity contribution in [2.45, 2.75) is 51.3 Å². The fourth-order valence-electron chi connectivity index (χ4n) is 1.50. The summed E-state index contributed by atoms with van der Waals surface area (Å²) in [5.74, 6) is -1.12. The molecule has 0 aliphatic carbocycles. The van der Waals surface area contributed by atoms with Gasteiger partial charge >= 0.3 is 0 Å². The summed E-state index contributed by atoms with van der Waals surface area (Å²) in [6.45, 7) is 3.91. The molecule has 1 N–H and O–H groups in total. The van der Waals surface area contributed by atoms with Crippen molar-refractivity contribution in [2.24, 2.45) is 0 Å². The van der Waals surface area contributed by atoms with E-state index in [0.717, 1.165) is 19.3 Å². The second-order valence-electron chi connectivity index (χ2n) is 4.00. The van der Waals surface area contributed by atoms with Gasteiger partial charge in [-0.3, -0.25) is 0 Å². The molecule has 1 saturated heterocycles. The Balaban J connectivity index is 2.15. The highest BCUT2D eigenvalue weighted by Gasteiger charge is 2.29. The Bertz CT molecular complexity index is 185. The van der Waals surface area contributed by atoms with Crippen LogP contribution in [-0.2, 0) is 13.7 Å². The van der Waals surface area contributed by atoms with Gasteiger partial charge in [0.15, 0.2) is 12.1 Å². The normalized spacial score (nSPS) is 27.2. The van der Waals surface area contributed by atoms with Crippen molar-refractivity contribution in [3.05, 3.63) is 0 Å². The van der Waals surface area contributed by atoms with Crippen LogP contribution in [-0.4, -0.2) is 29.9 Å². The molecule has 15 heavy (non-hydrogen) atoms. The Labute approximate surface area is 107 Å². The Morgan fingerprint density at radius 3 is 2.87 bits per heavy atom. The van der Waals surface area contributed by atoms with Crippen molar-refractivity contribution < 1.29 is 18.8 Å². The van der Waals surface area contributed by atoms with Gasteiger partial charge in [0, 0.05) is 27.6 Å². The minimum atomic E-state index is -1.12. The molecular weight excluding hydrogens is 331 g/mol. The number of aliphatic hydroxyl groups is 1. The highest BCUT2D eigenvalue weighted by atomic mass is 127. The molecule has 6 heteroatoms. The maximum Gasteiger partial charge on any atom is 0.162 e. The van der Waals surface area contributed by atoms with Crippen molar-refractivity contribution in [1.82, 2.24) is 0 Å². The molecule has 1 unspecified atom stereocenters. The third-order valence-corrected chi connectivity index (χ3v) is 3.07. The fraction of sp³-hybridized carbons (Fsp3) is 1.00. The maximum absolute atomic E-state index is 9.45. The Morgan fingerprint density at radius 1 is 1.53 bits per heavy atom. The van der Waals surface area contributed by atoms with Gasteiger partial charge in [0.25, 0.3) is 0 Å². The van der Waals surface area contributed by atoms with Crippen molar-refractivity contribution >= 4 is 30.4 Å². The molecule has 0 aromatic rings. The summed E-state index contributed by atoms with van der Waals surface area (Å²) in [5, 5.41) is 9.45. The molecule has 0 spiro atoms. The number of hydrogen-bond acceptors (Lipinski definition) is 5. The van der Waals surface area contributed by atoms with Crippen LogP contribution >= 0.6 is 30.4 Å². The molecule has 90 valence electrons. The van der Waals surface area contributed by atoms with E-state index in [2.05, 4.69) is 21.2 Å². The third-order valence-electron chi connectivity index (χ3n) is 2.06. The molecule has 4 nitrogen and oxygen atoms in total. The zero-order valence-electron chi connectivity index (χ0n) is 8.94. The van der Waals surface area contributed by atoms with E-state index in [1.165, 1.54) is 9.21 Å². The van der Waals surface area contributed by atoms with E-state index in [1.807, 2.05) is 0 Å². The van der Waals surface area contributed by atoms with E-state index in [-0.39, 0.29) is 12.4 Å². The van der Waals surface area contributed by atoms with E-state index in [9.17, 15) is 5.11 Å². The van der Waals surface area contributed by atoms with Gasteiger partial charge in [0.1, 0.15) is 0 Å². The Hall–Kier alpha value is 0.920. The molecule has 1 fully saturated rings. The fourth-order valence-corrected chi connectivity index (χ4v) is 2.20. The van der Waals surface area contributed by atoms with Gasteiger partial charge in [-0.05, 0) is 26.7 Å². The number of hydrogen-bond donors (Lipinski definition) is 1. The van der Waals surface area contributed by atoms with Gasteiger partial charge < -0.3 is 18.8 Å². The van der Waals surface area contributed by atoms with E-state index >= 15 is 0 Å². The molecule has 0 amide bonds. The third kappa shape index (κ3) is 6.28. The molecule has 0 aromatic carbocycles. The minimum absolute atomic E-state index is 0.195. The van der Waals surface area contributed by atoms with Gasteiger partial charge in [0.2, 0.25) is 0 Å². The average Bonchev–Trinajstić information content (AvgIpc) is 2.50. The first-order valence-electron chi connectivity index (χ1n) is 4.97. The molecular formula is C9H17IO4S. The topological polar surface area (TPSA) is 47.9 Å². The van der Waals surface area contributed by atoms with Crippen LogP contribution in [0.2, 0.25) is 0 Å².